The van der Waals surface area contributed by atoms with Gasteiger partial charge in [-0.05, 0) is 24.6 Å². The maximum Gasteiger partial charge on any atom is 0.127 e. The highest BCUT2D eigenvalue weighted by Gasteiger charge is 2.48. The molecule has 17 heavy (non-hydrogen) atoms. The Balaban J connectivity index is 2.48. The highest BCUT2D eigenvalue weighted by molar-refractivity contribution is 5.33. The minimum Gasteiger partial charge on any atom is -0.379 e. The molecule has 2 nitrogen and oxygen atoms in total. The van der Waals surface area contributed by atoms with Crippen LogP contribution in [0.1, 0.15) is 18.9 Å². The largest absolute Gasteiger partial charge is 0.379 e. The van der Waals surface area contributed by atoms with Crippen molar-refractivity contribution in [2.45, 2.75) is 18.8 Å². The van der Waals surface area contributed by atoms with Crippen molar-refractivity contribution in [3.63, 3.8) is 0 Å². The zero-order valence-electron chi connectivity index (χ0n) is 9.54. The van der Waals surface area contributed by atoms with Gasteiger partial charge in [0.2, 0.25) is 0 Å². The van der Waals surface area contributed by atoms with Crippen LogP contribution in [0.2, 0.25) is 0 Å². The summed E-state index contributed by atoms with van der Waals surface area (Å²) in [5.74, 6) is -1.31. The first-order valence-corrected chi connectivity index (χ1v) is 5.57. The number of nitrogens with zero attached hydrogens (tertiary/aromatic N) is 1. The molecule has 0 saturated carbocycles. The Labute approximate surface area is 98.8 Å². The average molecular weight is 237 g/mol. The van der Waals surface area contributed by atoms with Gasteiger partial charge < -0.3 is 4.74 Å². The minimum atomic E-state index is -0.685. The zero-order valence-corrected chi connectivity index (χ0v) is 9.54. The van der Waals surface area contributed by atoms with Gasteiger partial charge in [0, 0.05) is 5.56 Å². The van der Waals surface area contributed by atoms with Gasteiger partial charge in [-0.25, -0.2) is 8.78 Å². The Kier molecular flexibility index (Phi) is 3.12. The lowest BCUT2D eigenvalue weighted by molar-refractivity contribution is -0.0821. The molecule has 1 aliphatic heterocycles. The molecule has 0 spiro atoms. The molecule has 90 valence electrons. The van der Waals surface area contributed by atoms with E-state index in [2.05, 4.69) is 6.07 Å². The van der Waals surface area contributed by atoms with Gasteiger partial charge in [0.1, 0.15) is 11.6 Å². The summed E-state index contributed by atoms with van der Waals surface area (Å²) < 4.78 is 32.1. The summed E-state index contributed by atoms with van der Waals surface area (Å²) >= 11 is 0. The van der Waals surface area contributed by atoms with E-state index in [-0.39, 0.29) is 24.7 Å². The van der Waals surface area contributed by atoms with Crippen LogP contribution in [0.5, 0.6) is 0 Å². The Morgan fingerprint density at radius 3 is 2.65 bits per heavy atom. The molecule has 4 heteroatoms. The number of benzene rings is 1. The van der Waals surface area contributed by atoms with Crippen LogP contribution in [-0.4, -0.2) is 13.2 Å². The third-order valence-corrected chi connectivity index (χ3v) is 3.42. The molecular formula is C13H13F2NO. The Morgan fingerprint density at radius 2 is 2.18 bits per heavy atom. The van der Waals surface area contributed by atoms with Crippen LogP contribution in [-0.2, 0) is 10.2 Å². The predicted octanol–water partition coefficient (Wildman–Crippen LogP) is 2.78. The minimum absolute atomic E-state index is 0.261. The maximum atomic E-state index is 13.8. The van der Waals surface area contributed by atoms with Gasteiger partial charge in [-0.2, -0.15) is 5.26 Å². The summed E-state index contributed by atoms with van der Waals surface area (Å²) in [5.41, 5.74) is -0.424. The van der Waals surface area contributed by atoms with Crippen molar-refractivity contribution < 1.29 is 13.5 Å². The number of rotatable bonds is 3. The number of halogens is 2. The summed E-state index contributed by atoms with van der Waals surface area (Å²) in [5, 5.41) is 9.13. The van der Waals surface area contributed by atoms with E-state index in [0.29, 0.717) is 6.42 Å². The third-order valence-electron chi connectivity index (χ3n) is 3.42. The van der Waals surface area contributed by atoms with Crippen molar-refractivity contribution in [2.24, 2.45) is 5.92 Å². The van der Waals surface area contributed by atoms with Gasteiger partial charge in [0.15, 0.2) is 0 Å². The Bertz CT molecular complexity index is 463. The molecule has 0 aromatic heterocycles. The fraction of sp³-hybridized carbons (Fsp3) is 0.462. The Hall–Kier alpha value is -1.47. The molecule has 1 fully saturated rings. The van der Waals surface area contributed by atoms with E-state index in [1.807, 2.05) is 6.92 Å². The molecule has 1 aromatic carbocycles. The van der Waals surface area contributed by atoms with Gasteiger partial charge in [0.05, 0.1) is 30.6 Å². The zero-order chi connectivity index (χ0) is 12.5. The van der Waals surface area contributed by atoms with Crippen LogP contribution in [0.25, 0.3) is 0 Å². The van der Waals surface area contributed by atoms with E-state index in [9.17, 15) is 8.78 Å². The predicted molar refractivity (Wildman–Crippen MR) is 58.2 cm³/mol. The quantitative estimate of drug-likeness (QED) is 0.809. The monoisotopic (exact) mass is 237 g/mol. The van der Waals surface area contributed by atoms with E-state index in [1.54, 1.807) is 0 Å². The van der Waals surface area contributed by atoms with Crippen molar-refractivity contribution in [3.8, 4) is 6.07 Å². The van der Waals surface area contributed by atoms with Gasteiger partial charge >= 0.3 is 0 Å². The van der Waals surface area contributed by atoms with E-state index in [1.165, 1.54) is 6.07 Å². The third kappa shape index (κ3) is 1.81. The highest BCUT2D eigenvalue weighted by atomic mass is 19.1. The van der Waals surface area contributed by atoms with Crippen molar-refractivity contribution in [3.05, 3.63) is 35.4 Å². The molecule has 2 rings (SSSR count). The van der Waals surface area contributed by atoms with E-state index >= 15 is 0 Å². The number of nitriles is 1. The van der Waals surface area contributed by atoms with E-state index < -0.39 is 17.0 Å². The van der Waals surface area contributed by atoms with Gasteiger partial charge in [-0.15, -0.1) is 0 Å². The van der Waals surface area contributed by atoms with Crippen LogP contribution in [0.15, 0.2) is 18.2 Å². The number of ether oxygens (including phenoxy) is 1. The molecule has 0 bridgehead atoms. The SMILES string of the molecule is CCC(C#N)C1(c2cc(F)ccc2F)COC1. The van der Waals surface area contributed by atoms with Crippen molar-refractivity contribution in [2.75, 3.05) is 13.2 Å². The fourth-order valence-corrected chi connectivity index (χ4v) is 2.35. The lowest BCUT2D eigenvalue weighted by Gasteiger charge is -2.44. The summed E-state index contributed by atoms with van der Waals surface area (Å²) in [6.07, 6.45) is 0.593. The second-order valence-electron chi connectivity index (χ2n) is 4.36. The fourth-order valence-electron chi connectivity index (χ4n) is 2.35. The van der Waals surface area contributed by atoms with Crippen LogP contribution in [0.4, 0.5) is 8.78 Å². The summed E-state index contributed by atoms with van der Waals surface area (Å²) in [4.78, 5) is 0. The van der Waals surface area contributed by atoms with Crippen molar-refractivity contribution >= 4 is 0 Å². The molecule has 1 aromatic rings. The molecule has 0 N–H and O–H groups in total. The second-order valence-corrected chi connectivity index (χ2v) is 4.36. The van der Waals surface area contributed by atoms with Crippen molar-refractivity contribution in [1.29, 1.82) is 5.26 Å². The summed E-state index contributed by atoms with van der Waals surface area (Å²) in [7, 11) is 0. The van der Waals surface area contributed by atoms with Gasteiger partial charge in [-0.1, -0.05) is 6.92 Å². The molecule has 1 saturated heterocycles. The molecule has 1 unspecified atom stereocenters. The molecule has 0 amide bonds. The molecule has 1 atom stereocenters. The first-order valence-electron chi connectivity index (χ1n) is 5.57. The van der Waals surface area contributed by atoms with Crippen molar-refractivity contribution in [1.82, 2.24) is 0 Å². The maximum absolute atomic E-state index is 13.8. The number of hydrogen-bond acceptors (Lipinski definition) is 2. The smallest absolute Gasteiger partial charge is 0.127 e. The second kappa shape index (κ2) is 4.42. The number of hydrogen-bond donors (Lipinski definition) is 0. The lowest BCUT2D eigenvalue weighted by Crippen LogP contribution is -2.52. The summed E-state index contributed by atoms with van der Waals surface area (Å²) in [6.45, 7) is 2.42. The molecule has 0 aliphatic carbocycles. The Morgan fingerprint density at radius 1 is 1.47 bits per heavy atom. The van der Waals surface area contributed by atoms with E-state index in [4.69, 9.17) is 10.00 Å². The van der Waals surface area contributed by atoms with Crippen LogP contribution >= 0.6 is 0 Å². The first-order chi connectivity index (χ1) is 8.14. The summed E-state index contributed by atoms with van der Waals surface area (Å²) in [6, 6.07) is 5.54. The molecule has 1 aliphatic rings. The lowest BCUT2D eigenvalue weighted by atomic mass is 9.68. The normalized spacial score (nSPS) is 19.2. The van der Waals surface area contributed by atoms with E-state index in [0.717, 1.165) is 12.1 Å². The topological polar surface area (TPSA) is 33.0 Å². The van der Waals surface area contributed by atoms with Gasteiger partial charge in [-0.3, -0.25) is 0 Å². The average Bonchev–Trinajstić information content (AvgIpc) is 2.27. The van der Waals surface area contributed by atoms with Gasteiger partial charge in [0.25, 0.3) is 0 Å². The molecule has 1 heterocycles. The molecule has 0 radical (unpaired) electrons. The first kappa shape index (κ1) is 12.0. The highest BCUT2D eigenvalue weighted by Crippen LogP contribution is 2.42. The standard InChI is InChI=1S/C13H13F2NO/c1-2-9(6-16)13(7-17-8-13)11-5-10(14)3-4-12(11)15/h3-5,9H,2,7-8H2,1H3. The van der Waals surface area contributed by atoms with Crippen LogP contribution < -0.4 is 0 Å². The van der Waals surface area contributed by atoms with Crippen LogP contribution in [0.3, 0.4) is 0 Å². The van der Waals surface area contributed by atoms with Crippen LogP contribution in [0, 0.1) is 28.9 Å². The molecular weight excluding hydrogens is 224 g/mol.